The molecule has 0 bridgehead atoms. The van der Waals surface area contributed by atoms with E-state index in [9.17, 15) is 0 Å². The van der Waals surface area contributed by atoms with Crippen molar-refractivity contribution in [2.45, 2.75) is 13.3 Å². The smallest absolute Gasteiger partial charge is 0.122 e. The average molecular weight is 181 g/mol. The van der Waals surface area contributed by atoms with Crippen molar-refractivity contribution in [3.05, 3.63) is 29.8 Å². The second-order valence-electron chi connectivity index (χ2n) is 2.68. The molecule has 0 fully saturated rings. The van der Waals surface area contributed by atoms with E-state index in [2.05, 4.69) is 17.8 Å². The van der Waals surface area contributed by atoms with Gasteiger partial charge >= 0.3 is 0 Å². The number of hydrogen-bond donors (Lipinski definition) is 1. The summed E-state index contributed by atoms with van der Waals surface area (Å²) in [6.07, 6.45) is 0.972. The molecule has 3 heteroatoms. The Hall–Kier alpha value is -1.06. The van der Waals surface area contributed by atoms with Crippen molar-refractivity contribution < 1.29 is 9.57 Å². The second kappa shape index (κ2) is 5.56. The minimum atomic E-state index is 0.415. The number of para-hydroxylation sites is 1. The van der Waals surface area contributed by atoms with Crippen LogP contribution in [0.5, 0.6) is 5.75 Å². The van der Waals surface area contributed by atoms with Gasteiger partial charge in [-0.2, -0.15) is 0 Å². The summed E-state index contributed by atoms with van der Waals surface area (Å²) >= 11 is 0. The van der Waals surface area contributed by atoms with Gasteiger partial charge in [-0.15, -0.1) is 0 Å². The molecule has 0 saturated heterocycles. The summed E-state index contributed by atoms with van der Waals surface area (Å²) in [7, 11) is 0. The summed E-state index contributed by atoms with van der Waals surface area (Å²) < 4.78 is 5.46. The zero-order valence-electron chi connectivity index (χ0n) is 7.82. The number of rotatable bonds is 5. The van der Waals surface area contributed by atoms with Crippen LogP contribution in [0.2, 0.25) is 0 Å². The highest BCUT2D eigenvalue weighted by atomic mass is 16.6. The fourth-order valence-electron chi connectivity index (χ4n) is 1.14. The van der Waals surface area contributed by atoms with Gasteiger partial charge in [-0.3, -0.25) is 0 Å². The first kappa shape index (κ1) is 10.0. The van der Waals surface area contributed by atoms with E-state index in [0.29, 0.717) is 13.2 Å². The van der Waals surface area contributed by atoms with E-state index in [4.69, 9.17) is 10.6 Å². The van der Waals surface area contributed by atoms with Crippen LogP contribution in [0.15, 0.2) is 24.3 Å². The Labute approximate surface area is 78.4 Å². The van der Waals surface area contributed by atoms with Gasteiger partial charge < -0.3 is 9.57 Å². The maximum atomic E-state index is 5.46. The third-order valence-electron chi connectivity index (χ3n) is 1.81. The van der Waals surface area contributed by atoms with Crippen molar-refractivity contribution in [2.24, 2.45) is 5.90 Å². The topological polar surface area (TPSA) is 44.5 Å². The summed E-state index contributed by atoms with van der Waals surface area (Å²) in [5, 5.41) is 0. The van der Waals surface area contributed by atoms with E-state index >= 15 is 0 Å². The molecule has 0 spiro atoms. The number of nitrogens with two attached hydrogens (primary N) is 1. The lowest BCUT2D eigenvalue weighted by Crippen LogP contribution is -2.10. The molecule has 1 aromatic carbocycles. The molecule has 13 heavy (non-hydrogen) atoms. The Morgan fingerprint density at radius 1 is 1.23 bits per heavy atom. The van der Waals surface area contributed by atoms with Crippen LogP contribution in [0, 0.1) is 0 Å². The number of ether oxygens (including phenoxy) is 1. The van der Waals surface area contributed by atoms with Gasteiger partial charge in [0.1, 0.15) is 19.0 Å². The van der Waals surface area contributed by atoms with E-state index in [1.165, 1.54) is 5.56 Å². The van der Waals surface area contributed by atoms with Gasteiger partial charge in [0, 0.05) is 0 Å². The molecular formula is C10H15NO2. The minimum absolute atomic E-state index is 0.415. The van der Waals surface area contributed by atoms with Crippen LogP contribution in [0.3, 0.4) is 0 Å². The number of aryl methyl sites for hydroxylation is 1. The van der Waals surface area contributed by atoms with Crippen LogP contribution in [0.4, 0.5) is 0 Å². The predicted molar refractivity (Wildman–Crippen MR) is 51.5 cm³/mol. The Balaban J connectivity index is 2.54. The Kier molecular flexibility index (Phi) is 4.29. The monoisotopic (exact) mass is 181 g/mol. The Morgan fingerprint density at radius 3 is 2.69 bits per heavy atom. The largest absolute Gasteiger partial charge is 0.491 e. The van der Waals surface area contributed by atoms with Gasteiger partial charge in [-0.1, -0.05) is 25.1 Å². The molecule has 0 radical (unpaired) electrons. The zero-order chi connectivity index (χ0) is 9.52. The standard InChI is InChI=1S/C10H15NO2/c1-2-9-5-3-4-6-10(9)12-7-8-13-11/h3-6H,2,7-8,11H2,1H3. The molecule has 0 atom stereocenters. The fraction of sp³-hybridized carbons (Fsp3) is 0.400. The van der Waals surface area contributed by atoms with Gasteiger partial charge in [0.05, 0.1) is 0 Å². The van der Waals surface area contributed by atoms with Gasteiger partial charge in [-0.25, -0.2) is 5.90 Å². The van der Waals surface area contributed by atoms with E-state index < -0.39 is 0 Å². The predicted octanol–water partition coefficient (Wildman–Crippen LogP) is 1.52. The third kappa shape index (κ3) is 3.05. The maximum absolute atomic E-state index is 5.46. The molecule has 2 N–H and O–H groups in total. The van der Waals surface area contributed by atoms with Crippen LogP contribution >= 0.6 is 0 Å². The van der Waals surface area contributed by atoms with E-state index in [-0.39, 0.29) is 0 Å². The minimum Gasteiger partial charge on any atom is -0.491 e. The van der Waals surface area contributed by atoms with Gasteiger partial charge in [0.2, 0.25) is 0 Å². The molecule has 1 rings (SSSR count). The molecule has 0 aliphatic carbocycles. The highest BCUT2D eigenvalue weighted by Crippen LogP contribution is 2.17. The van der Waals surface area contributed by atoms with Gasteiger partial charge in [0.15, 0.2) is 0 Å². The van der Waals surface area contributed by atoms with Gasteiger partial charge in [-0.05, 0) is 18.1 Å². The van der Waals surface area contributed by atoms with Crippen LogP contribution in [0.1, 0.15) is 12.5 Å². The maximum Gasteiger partial charge on any atom is 0.122 e. The van der Waals surface area contributed by atoms with Crippen molar-refractivity contribution in [2.75, 3.05) is 13.2 Å². The molecule has 0 aromatic heterocycles. The first-order valence-electron chi connectivity index (χ1n) is 4.41. The van der Waals surface area contributed by atoms with Crippen LogP contribution in [-0.4, -0.2) is 13.2 Å². The molecule has 1 aromatic rings. The van der Waals surface area contributed by atoms with Crippen molar-refractivity contribution in [1.82, 2.24) is 0 Å². The van der Waals surface area contributed by atoms with E-state index in [0.717, 1.165) is 12.2 Å². The van der Waals surface area contributed by atoms with Crippen LogP contribution in [0.25, 0.3) is 0 Å². The lowest BCUT2D eigenvalue weighted by Gasteiger charge is -2.08. The first-order valence-corrected chi connectivity index (χ1v) is 4.41. The second-order valence-corrected chi connectivity index (χ2v) is 2.68. The van der Waals surface area contributed by atoms with Crippen molar-refractivity contribution >= 4 is 0 Å². The summed E-state index contributed by atoms with van der Waals surface area (Å²) in [5.74, 6) is 5.80. The quantitative estimate of drug-likeness (QED) is 0.553. The molecule has 0 saturated carbocycles. The lowest BCUT2D eigenvalue weighted by atomic mass is 10.1. The Morgan fingerprint density at radius 2 is 2.00 bits per heavy atom. The summed E-state index contributed by atoms with van der Waals surface area (Å²) in [6, 6.07) is 7.97. The van der Waals surface area contributed by atoms with E-state index in [1.54, 1.807) is 0 Å². The zero-order valence-corrected chi connectivity index (χ0v) is 7.82. The SMILES string of the molecule is CCc1ccccc1OCCON. The number of hydrogen-bond acceptors (Lipinski definition) is 3. The molecule has 0 amide bonds. The van der Waals surface area contributed by atoms with Crippen molar-refractivity contribution in [1.29, 1.82) is 0 Å². The third-order valence-corrected chi connectivity index (χ3v) is 1.81. The molecular weight excluding hydrogens is 166 g/mol. The summed E-state index contributed by atoms with van der Waals surface area (Å²) in [5.41, 5.74) is 1.21. The Bertz CT molecular complexity index is 250. The van der Waals surface area contributed by atoms with Gasteiger partial charge in [0.25, 0.3) is 0 Å². The van der Waals surface area contributed by atoms with Crippen LogP contribution < -0.4 is 10.6 Å². The lowest BCUT2D eigenvalue weighted by molar-refractivity contribution is 0.102. The van der Waals surface area contributed by atoms with Crippen molar-refractivity contribution in [3.63, 3.8) is 0 Å². The first-order chi connectivity index (χ1) is 6.38. The fourth-order valence-corrected chi connectivity index (χ4v) is 1.14. The molecule has 3 nitrogen and oxygen atoms in total. The highest BCUT2D eigenvalue weighted by molar-refractivity contribution is 5.33. The summed E-state index contributed by atoms with van der Waals surface area (Å²) in [4.78, 5) is 4.41. The molecule has 72 valence electrons. The normalized spacial score (nSPS) is 10.0. The summed E-state index contributed by atoms with van der Waals surface area (Å²) in [6.45, 7) is 3.01. The van der Waals surface area contributed by atoms with Crippen LogP contribution in [-0.2, 0) is 11.3 Å². The molecule has 0 aliphatic rings. The van der Waals surface area contributed by atoms with E-state index in [1.807, 2.05) is 18.2 Å². The molecule has 0 heterocycles. The average Bonchev–Trinajstić information content (AvgIpc) is 2.19. The molecule has 0 unspecified atom stereocenters. The highest BCUT2D eigenvalue weighted by Gasteiger charge is 1.99. The molecule has 0 aliphatic heterocycles. The van der Waals surface area contributed by atoms with Crippen molar-refractivity contribution in [3.8, 4) is 5.75 Å². The number of benzene rings is 1.